The molecule has 0 N–H and O–H groups in total. The minimum Gasteiger partial charge on any atom is -0.370 e. The van der Waals surface area contributed by atoms with E-state index in [4.69, 9.17) is 9.47 Å². The topological polar surface area (TPSA) is 38.8 Å². The van der Waals surface area contributed by atoms with E-state index in [1.54, 1.807) is 7.11 Å². The smallest absolute Gasteiger partial charge is 0.256 e. The number of morpholine rings is 1. The van der Waals surface area contributed by atoms with Crippen molar-refractivity contribution < 1.29 is 14.3 Å². The van der Waals surface area contributed by atoms with Crippen LogP contribution in [0.5, 0.6) is 0 Å². The van der Waals surface area contributed by atoms with Crippen LogP contribution in [-0.2, 0) is 14.3 Å². The van der Waals surface area contributed by atoms with Gasteiger partial charge in [0, 0.05) is 18.1 Å². The minimum atomic E-state index is -0.574. The molecule has 4 nitrogen and oxygen atoms in total. The van der Waals surface area contributed by atoms with E-state index < -0.39 is 6.10 Å². The molecule has 0 radical (unpaired) electrons. The average Bonchev–Trinajstić information content (AvgIpc) is 2.64. The van der Waals surface area contributed by atoms with E-state index in [1.165, 1.54) is 0 Å². The predicted octanol–water partition coefficient (Wildman–Crippen LogP) is 3.74. The predicted molar refractivity (Wildman–Crippen MR) is 95.6 cm³/mol. The number of rotatable bonds is 4. The number of halogens is 1. The number of methoxy groups -OCH3 is 1. The van der Waals surface area contributed by atoms with Gasteiger partial charge in [-0.05, 0) is 23.3 Å². The molecule has 0 saturated carbocycles. The number of benzene rings is 2. The van der Waals surface area contributed by atoms with Gasteiger partial charge in [0.05, 0.1) is 13.2 Å². The van der Waals surface area contributed by atoms with E-state index in [0.717, 1.165) is 15.6 Å². The molecule has 0 spiro atoms. The molecule has 3 rings (SSSR count). The molecule has 1 amide bonds. The Balaban J connectivity index is 1.73. The minimum absolute atomic E-state index is 0.0193. The maximum atomic E-state index is 12.9. The van der Waals surface area contributed by atoms with Gasteiger partial charge in [-0.25, -0.2) is 0 Å². The van der Waals surface area contributed by atoms with Crippen molar-refractivity contribution in [3.8, 4) is 0 Å². The molecule has 2 aromatic rings. The first-order valence-corrected chi connectivity index (χ1v) is 8.72. The Morgan fingerprint density at radius 3 is 2.58 bits per heavy atom. The molecule has 0 aliphatic carbocycles. The Kier molecular flexibility index (Phi) is 5.66. The van der Waals surface area contributed by atoms with E-state index in [9.17, 15) is 4.79 Å². The van der Waals surface area contributed by atoms with Crippen LogP contribution in [0.25, 0.3) is 0 Å². The zero-order chi connectivity index (χ0) is 16.9. The number of nitrogens with zero attached hydrogens (tertiary/aromatic N) is 1. The van der Waals surface area contributed by atoms with Crippen LogP contribution in [0.15, 0.2) is 59.1 Å². The number of ether oxygens (including phenoxy) is 2. The number of carbonyl (C=O) groups excluding carboxylic acids is 1. The lowest BCUT2D eigenvalue weighted by molar-refractivity contribution is -0.150. The summed E-state index contributed by atoms with van der Waals surface area (Å²) in [6.07, 6.45) is -0.682. The van der Waals surface area contributed by atoms with Gasteiger partial charge < -0.3 is 14.4 Å². The van der Waals surface area contributed by atoms with Crippen molar-refractivity contribution in [3.63, 3.8) is 0 Å². The van der Waals surface area contributed by atoms with Crippen LogP contribution in [0.1, 0.15) is 23.3 Å². The third kappa shape index (κ3) is 3.86. The lowest BCUT2D eigenvalue weighted by Crippen LogP contribution is -2.44. The summed E-state index contributed by atoms with van der Waals surface area (Å²) in [5.41, 5.74) is 1.95. The van der Waals surface area contributed by atoms with Crippen LogP contribution in [0.3, 0.4) is 0 Å². The molecule has 1 fully saturated rings. The maximum Gasteiger partial charge on any atom is 0.256 e. The van der Waals surface area contributed by atoms with Gasteiger partial charge in [-0.1, -0.05) is 58.4 Å². The highest BCUT2D eigenvalue weighted by atomic mass is 79.9. The number of carbonyl (C=O) groups is 1. The summed E-state index contributed by atoms with van der Waals surface area (Å²) in [7, 11) is 1.57. The van der Waals surface area contributed by atoms with Gasteiger partial charge in [-0.2, -0.15) is 0 Å². The fraction of sp³-hybridized carbons (Fsp3) is 0.316. The van der Waals surface area contributed by atoms with Crippen LogP contribution in [0.4, 0.5) is 0 Å². The molecule has 5 heteroatoms. The van der Waals surface area contributed by atoms with E-state index in [2.05, 4.69) is 15.9 Å². The van der Waals surface area contributed by atoms with Crippen molar-refractivity contribution in [2.45, 2.75) is 12.2 Å². The van der Waals surface area contributed by atoms with Crippen molar-refractivity contribution in [1.82, 2.24) is 4.90 Å². The fourth-order valence-corrected chi connectivity index (χ4v) is 3.17. The Morgan fingerprint density at radius 1 is 1.21 bits per heavy atom. The molecule has 2 atom stereocenters. The highest BCUT2D eigenvalue weighted by Crippen LogP contribution is 2.27. The second-order valence-electron chi connectivity index (χ2n) is 5.72. The zero-order valence-electron chi connectivity index (χ0n) is 13.5. The Hall–Kier alpha value is -1.69. The SMILES string of the molecule is CO[C@@H](C(=O)N1CCO[C@H](c2ccc(Br)cc2)C1)c1ccccc1. The lowest BCUT2D eigenvalue weighted by Gasteiger charge is -2.35. The summed E-state index contributed by atoms with van der Waals surface area (Å²) in [5, 5.41) is 0. The van der Waals surface area contributed by atoms with E-state index in [1.807, 2.05) is 59.5 Å². The molecule has 0 bridgehead atoms. The second kappa shape index (κ2) is 7.92. The largest absolute Gasteiger partial charge is 0.370 e. The molecular formula is C19H20BrNO3. The van der Waals surface area contributed by atoms with Crippen molar-refractivity contribution in [3.05, 3.63) is 70.2 Å². The van der Waals surface area contributed by atoms with Gasteiger partial charge in [-0.3, -0.25) is 4.79 Å². The maximum absolute atomic E-state index is 12.9. The standard InChI is InChI=1S/C19H20BrNO3/c1-23-18(15-5-3-2-4-6-15)19(22)21-11-12-24-17(13-21)14-7-9-16(20)10-8-14/h2-10,17-18H,11-13H2,1H3/t17-,18+/m0/s1. The molecule has 1 aliphatic heterocycles. The van der Waals surface area contributed by atoms with Crippen molar-refractivity contribution >= 4 is 21.8 Å². The fourth-order valence-electron chi connectivity index (χ4n) is 2.90. The molecule has 0 unspecified atom stereocenters. The van der Waals surface area contributed by atoms with Gasteiger partial charge in [-0.15, -0.1) is 0 Å². The first kappa shape index (κ1) is 17.1. The molecular weight excluding hydrogens is 370 g/mol. The number of amides is 1. The van der Waals surface area contributed by atoms with Gasteiger partial charge in [0.25, 0.3) is 5.91 Å². The molecule has 0 aromatic heterocycles. The Bertz CT molecular complexity index is 675. The quantitative estimate of drug-likeness (QED) is 0.799. The third-order valence-electron chi connectivity index (χ3n) is 4.18. The molecule has 2 aromatic carbocycles. The van der Waals surface area contributed by atoms with E-state index in [0.29, 0.717) is 19.7 Å². The highest BCUT2D eigenvalue weighted by Gasteiger charge is 2.30. The summed E-state index contributed by atoms with van der Waals surface area (Å²) < 4.78 is 12.3. The Morgan fingerprint density at radius 2 is 1.92 bits per heavy atom. The second-order valence-corrected chi connectivity index (χ2v) is 6.64. The van der Waals surface area contributed by atoms with Gasteiger partial charge in [0.2, 0.25) is 0 Å². The molecule has 24 heavy (non-hydrogen) atoms. The monoisotopic (exact) mass is 389 g/mol. The summed E-state index contributed by atoms with van der Waals surface area (Å²) in [6.45, 7) is 1.64. The number of hydrogen-bond acceptors (Lipinski definition) is 3. The van der Waals surface area contributed by atoms with Crippen LogP contribution in [-0.4, -0.2) is 37.6 Å². The van der Waals surface area contributed by atoms with Crippen LogP contribution in [0.2, 0.25) is 0 Å². The molecule has 1 heterocycles. The van der Waals surface area contributed by atoms with Crippen molar-refractivity contribution in [1.29, 1.82) is 0 Å². The third-order valence-corrected chi connectivity index (χ3v) is 4.71. The lowest BCUT2D eigenvalue weighted by atomic mass is 10.1. The summed E-state index contributed by atoms with van der Waals surface area (Å²) in [4.78, 5) is 14.7. The van der Waals surface area contributed by atoms with Crippen molar-refractivity contribution in [2.75, 3.05) is 26.8 Å². The van der Waals surface area contributed by atoms with Gasteiger partial charge in [0.1, 0.15) is 6.10 Å². The van der Waals surface area contributed by atoms with Gasteiger partial charge in [0.15, 0.2) is 6.10 Å². The zero-order valence-corrected chi connectivity index (χ0v) is 15.1. The molecule has 126 valence electrons. The summed E-state index contributed by atoms with van der Waals surface area (Å²) in [6, 6.07) is 17.6. The van der Waals surface area contributed by atoms with Crippen LogP contribution in [0, 0.1) is 0 Å². The normalized spacial score (nSPS) is 19.1. The first-order valence-electron chi connectivity index (χ1n) is 7.92. The van der Waals surface area contributed by atoms with Gasteiger partial charge >= 0.3 is 0 Å². The Labute approximate surface area is 150 Å². The van der Waals surface area contributed by atoms with Crippen LogP contribution >= 0.6 is 15.9 Å². The van der Waals surface area contributed by atoms with Crippen molar-refractivity contribution in [2.24, 2.45) is 0 Å². The molecule has 1 saturated heterocycles. The van der Waals surface area contributed by atoms with Crippen LogP contribution < -0.4 is 0 Å². The summed E-state index contributed by atoms with van der Waals surface area (Å²) in [5.74, 6) is -0.0193. The highest BCUT2D eigenvalue weighted by molar-refractivity contribution is 9.10. The summed E-state index contributed by atoms with van der Waals surface area (Å²) >= 11 is 3.44. The number of hydrogen-bond donors (Lipinski definition) is 0. The average molecular weight is 390 g/mol. The van der Waals surface area contributed by atoms with E-state index >= 15 is 0 Å². The molecule has 1 aliphatic rings. The van der Waals surface area contributed by atoms with E-state index in [-0.39, 0.29) is 12.0 Å². The first-order chi connectivity index (χ1) is 11.7.